The van der Waals surface area contributed by atoms with Gasteiger partial charge in [-0.15, -0.1) is 0 Å². The third-order valence-electron chi connectivity index (χ3n) is 5.85. The Morgan fingerprint density at radius 1 is 1.03 bits per heavy atom. The van der Waals surface area contributed by atoms with Gasteiger partial charge >= 0.3 is 5.97 Å². The quantitative estimate of drug-likeness (QED) is 0.343. The fraction of sp³-hybridized carbons (Fsp3) is 0.125. The van der Waals surface area contributed by atoms with Crippen molar-refractivity contribution in [3.05, 3.63) is 75.2 Å². The van der Waals surface area contributed by atoms with E-state index in [-0.39, 0.29) is 16.9 Å². The van der Waals surface area contributed by atoms with Crippen molar-refractivity contribution in [3.63, 3.8) is 0 Å². The van der Waals surface area contributed by atoms with Crippen LogP contribution in [-0.2, 0) is 0 Å². The molecule has 0 saturated carbocycles. The third kappa shape index (κ3) is 2.88. The molecule has 32 heavy (non-hydrogen) atoms. The topological polar surface area (TPSA) is 124 Å². The second-order valence-corrected chi connectivity index (χ2v) is 7.97. The summed E-state index contributed by atoms with van der Waals surface area (Å²) in [6.45, 7) is 5.81. The number of nitrogens with one attached hydrogen (secondary N) is 2. The number of phenols is 1. The second-order valence-electron chi connectivity index (χ2n) is 7.97. The maximum Gasteiger partial charge on any atom is 0.335 e. The number of aromatic nitrogens is 4. The number of carboxylic acid groups (broad SMARTS) is 1. The average molecular weight is 428 g/mol. The zero-order chi connectivity index (χ0) is 22.7. The molecule has 0 aliphatic rings. The predicted octanol–water partition coefficient (Wildman–Crippen LogP) is 4.19. The van der Waals surface area contributed by atoms with E-state index in [1.54, 1.807) is 19.1 Å². The lowest BCUT2D eigenvalue weighted by Crippen LogP contribution is -2.16. The van der Waals surface area contributed by atoms with Crippen LogP contribution in [0.4, 0.5) is 0 Å². The molecule has 0 amide bonds. The van der Waals surface area contributed by atoms with Crippen molar-refractivity contribution >= 4 is 27.8 Å². The third-order valence-corrected chi connectivity index (χ3v) is 5.85. The molecule has 8 nitrogen and oxygen atoms in total. The highest BCUT2D eigenvalue weighted by atomic mass is 16.4. The first-order chi connectivity index (χ1) is 15.2. The summed E-state index contributed by atoms with van der Waals surface area (Å²) in [6.07, 6.45) is 0. The Hall–Kier alpha value is -4.33. The Morgan fingerprint density at radius 2 is 1.81 bits per heavy atom. The van der Waals surface area contributed by atoms with E-state index >= 15 is 0 Å². The molecule has 0 spiro atoms. The second kappa shape index (κ2) is 6.84. The molecule has 0 aliphatic carbocycles. The maximum absolute atomic E-state index is 13.3. The number of nitrogens with zero attached hydrogens (tertiary/aromatic N) is 2. The van der Waals surface area contributed by atoms with Gasteiger partial charge in [0.15, 0.2) is 0 Å². The highest BCUT2D eigenvalue weighted by molar-refractivity contribution is 6.10. The Labute approximate surface area is 181 Å². The Morgan fingerprint density at radius 3 is 2.53 bits per heavy atom. The number of benzene rings is 3. The molecule has 0 unspecified atom stereocenters. The van der Waals surface area contributed by atoms with Crippen molar-refractivity contribution < 1.29 is 15.0 Å². The number of hydrogen-bond donors (Lipinski definition) is 4. The fourth-order valence-electron chi connectivity index (χ4n) is 4.02. The Kier molecular flexibility index (Phi) is 4.20. The molecule has 2 heterocycles. The largest absolute Gasteiger partial charge is 0.507 e. The number of aryl methyl sites for hydroxylation is 3. The van der Waals surface area contributed by atoms with E-state index in [0.29, 0.717) is 38.9 Å². The van der Waals surface area contributed by atoms with E-state index in [9.17, 15) is 19.8 Å². The summed E-state index contributed by atoms with van der Waals surface area (Å²) in [5.74, 6) is -0.933. The van der Waals surface area contributed by atoms with Crippen LogP contribution in [0.5, 0.6) is 5.75 Å². The van der Waals surface area contributed by atoms with Gasteiger partial charge in [0.05, 0.1) is 22.2 Å². The predicted molar refractivity (Wildman–Crippen MR) is 122 cm³/mol. The number of carbonyl (C=O) groups is 1. The minimum Gasteiger partial charge on any atom is -0.507 e. The molecule has 2 aromatic heterocycles. The van der Waals surface area contributed by atoms with Crippen LogP contribution in [0, 0.1) is 20.8 Å². The summed E-state index contributed by atoms with van der Waals surface area (Å²) in [4.78, 5) is 32.4. The molecule has 3 aromatic carbocycles. The monoisotopic (exact) mass is 428 g/mol. The molecule has 0 radical (unpaired) electrons. The molecule has 5 aromatic rings. The lowest BCUT2D eigenvalue weighted by Gasteiger charge is -2.05. The van der Waals surface area contributed by atoms with Crippen LogP contribution in [0.3, 0.4) is 0 Å². The van der Waals surface area contributed by atoms with E-state index in [0.717, 1.165) is 16.8 Å². The van der Waals surface area contributed by atoms with Crippen LogP contribution in [0.25, 0.3) is 38.9 Å². The number of hydrogen-bond acceptors (Lipinski definition) is 4. The van der Waals surface area contributed by atoms with E-state index in [1.165, 1.54) is 16.8 Å². The summed E-state index contributed by atoms with van der Waals surface area (Å²) in [5, 5.41) is 23.8. The smallest absolute Gasteiger partial charge is 0.335 e. The number of imidazole rings is 1. The van der Waals surface area contributed by atoms with Gasteiger partial charge < -0.3 is 15.2 Å². The van der Waals surface area contributed by atoms with Gasteiger partial charge in [0, 0.05) is 5.69 Å². The maximum atomic E-state index is 13.3. The van der Waals surface area contributed by atoms with Gasteiger partial charge in [0.2, 0.25) is 0 Å². The van der Waals surface area contributed by atoms with Crippen LogP contribution >= 0.6 is 0 Å². The first-order valence-electron chi connectivity index (χ1n) is 10.0. The Bertz CT molecular complexity index is 1620. The van der Waals surface area contributed by atoms with E-state index in [4.69, 9.17) is 0 Å². The molecular formula is C24H20N4O4. The lowest BCUT2D eigenvalue weighted by atomic mass is 10.0. The molecule has 8 heteroatoms. The number of fused-ring (bicyclic) bond motifs is 3. The van der Waals surface area contributed by atoms with Crippen LogP contribution < -0.4 is 5.56 Å². The number of aromatic amines is 2. The van der Waals surface area contributed by atoms with Crippen molar-refractivity contribution in [3.8, 4) is 22.8 Å². The summed E-state index contributed by atoms with van der Waals surface area (Å²) in [7, 11) is 0. The number of H-pyrrole nitrogens is 2. The van der Waals surface area contributed by atoms with E-state index in [2.05, 4.69) is 15.1 Å². The number of rotatable bonds is 3. The van der Waals surface area contributed by atoms with E-state index in [1.807, 2.05) is 32.0 Å². The first-order valence-corrected chi connectivity index (χ1v) is 10.0. The van der Waals surface area contributed by atoms with Gasteiger partial charge in [0.25, 0.3) is 5.56 Å². The van der Waals surface area contributed by atoms with Gasteiger partial charge in [-0.1, -0.05) is 12.1 Å². The average Bonchev–Trinajstić information content (AvgIpc) is 3.29. The minimum atomic E-state index is -1.13. The van der Waals surface area contributed by atoms with E-state index < -0.39 is 5.97 Å². The molecule has 0 aliphatic heterocycles. The molecule has 0 atom stereocenters. The summed E-state index contributed by atoms with van der Waals surface area (Å²) in [5.41, 5.74) is 4.83. The normalized spacial score (nSPS) is 11.5. The molecule has 160 valence electrons. The fourth-order valence-corrected chi connectivity index (χ4v) is 4.02. The zero-order valence-corrected chi connectivity index (χ0v) is 17.6. The first kappa shape index (κ1) is 19.6. The highest BCUT2D eigenvalue weighted by Crippen LogP contribution is 2.34. The standard InChI is InChI=1S/C24H20N4O4/c1-11-4-6-16(8-12(11)2)28-23(30)19(13(3)27-28)22-25-17-7-5-14-9-15(24(31)32)10-18(29)20(14)21(17)26-22/h4-10,27,29H,1-3H3,(H,25,26)(H,31,32). The summed E-state index contributed by atoms with van der Waals surface area (Å²) >= 11 is 0. The van der Waals surface area contributed by atoms with Crippen molar-refractivity contribution in [1.82, 2.24) is 19.7 Å². The summed E-state index contributed by atoms with van der Waals surface area (Å²) in [6, 6.07) is 11.9. The molecule has 0 saturated heterocycles. The van der Waals surface area contributed by atoms with Crippen molar-refractivity contribution in [2.75, 3.05) is 0 Å². The number of carboxylic acids is 1. The minimum absolute atomic E-state index is 0.0112. The molecule has 5 rings (SSSR count). The number of aromatic hydroxyl groups is 1. The Balaban J connectivity index is 1.71. The number of phenolic OH excluding ortho intramolecular Hbond substituents is 1. The van der Waals surface area contributed by atoms with Gasteiger partial charge in [-0.3, -0.25) is 9.89 Å². The lowest BCUT2D eigenvalue weighted by molar-refractivity contribution is 0.0696. The molecule has 4 N–H and O–H groups in total. The zero-order valence-electron chi connectivity index (χ0n) is 17.6. The molecule has 0 fully saturated rings. The number of aromatic carboxylic acids is 1. The van der Waals surface area contributed by atoms with Crippen LogP contribution in [0.1, 0.15) is 27.2 Å². The van der Waals surface area contributed by atoms with Crippen molar-refractivity contribution in [2.45, 2.75) is 20.8 Å². The highest BCUT2D eigenvalue weighted by Gasteiger charge is 2.20. The SMILES string of the molecule is Cc1ccc(-n2[nH]c(C)c(-c3nc4c(ccc5cc(C(=O)O)cc(O)c54)[nH]3)c2=O)cc1C. The van der Waals surface area contributed by atoms with Crippen molar-refractivity contribution in [1.29, 1.82) is 0 Å². The van der Waals surface area contributed by atoms with Gasteiger partial charge in [-0.25, -0.2) is 14.5 Å². The van der Waals surface area contributed by atoms with Crippen molar-refractivity contribution in [2.24, 2.45) is 0 Å². The van der Waals surface area contributed by atoms with Gasteiger partial charge in [0.1, 0.15) is 22.7 Å². The van der Waals surface area contributed by atoms with Gasteiger partial charge in [-0.05, 0) is 67.6 Å². The van der Waals surface area contributed by atoms with Crippen LogP contribution in [0.15, 0.2) is 47.3 Å². The van der Waals surface area contributed by atoms with Crippen LogP contribution in [-0.4, -0.2) is 35.9 Å². The molecular weight excluding hydrogens is 408 g/mol. The summed E-state index contributed by atoms with van der Waals surface area (Å²) < 4.78 is 1.49. The van der Waals surface area contributed by atoms with Gasteiger partial charge in [-0.2, -0.15) is 0 Å². The van der Waals surface area contributed by atoms with Crippen LogP contribution in [0.2, 0.25) is 0 Å². The molecule has 0 bridgehead atoms.